The Kier molecular flexibility index (Phi) is 3.06. The lowest BCUT2D eigenvalue weighted by atomic mass is 10.2. The summed E-state index contributed by atoms with van der Waals surface area (Å²) in [5, 5.41) is 0. The first kappa shape index (κ1) is 12.9. The minimum Gasteiger partial charge on any atom is -0.378 e. The highest BCUT2D eigenvalue weighted by molar-refractivity contribution is 7.71. The monoisotopic (exact) mass is 287 g/mol. The van der Waals surface area contributed by atoms with Crippen LogP contribution in [0.5, 0.6) is 0 Å². The zero-order valence-electron chi connectivity index (χ0n) is 11.2. The zero-order chi connectivity index (χ0) is 14.3. The van der Waals surface area contributed by atoms with Crippen LogP contribution in [0.3, 0.4) is 0 Å². The quantitative estimate of drug-likeness (QED) is 0.723. The summed E-state index contributed by atoms with van der Waals surface area (Å²) >= 11 is 5.36. The summed E-state index contributed by atoms with van der Waals surface area (Å²) in [5.41, 5.74) is 3.61. The van der Waals surface area contributed by atoms with E-state index in [2.05, 4.69) is 4.98 Å². The lowest BCUT2D eigenvalue weighted by Crippen LogP contribution is -2.09. The third-order valence-electron chi connectivity index (χ3n) is 3.25. The predicted molar refractivity (Wildman–Crippen MR) is 82.7 cm³/mol. The van der Waals surface area contributed by atoms with Crippen LogP contribution in [0.1, 0.15) is 0 Å². The van der Waals surface area contributed by atoms with Gasteiger partial charge in [0.25, 0.3) is 0 Å². The molecule has 0 spiro atoms. The van der Waals surface area contributed by atoms with Gasteiger partial charge in [-0.25, -0.2) is 4.39 Å². The molecule has 0 radical (unpaired) electrons. The van der Waals surface area contributed by atoms with E-state index in [9.17, 15) is 4.39 Å². The number of imidazole rings is 1. The number of aromatic nitrogens is 2. The minimum atomic E-state index is -0.275. The molecular weight excluding hydrogens is 273 g/mol. The summed E-state index contributed by atoms with van der Waals surface area (Å²) in [6.45, 7) is 0. The first-order valence-corrected chi connectivity index (χ1v) is 6.65. The summed E-state index contributed by atoms with van der Waals surface area (Å²) in [6, 6.07) is 12.7. The Morgan fingerprint density at radius 1 is 1.15 bits per heavy atom. The largest absolute Gasteiger partial charge is 0.378 e. The number of rotatable bonds is 2. The van der Waals surface area contributed by atoms with Crippen molar-refractivity contribution in [3.8, 4) is 5.69 Å². The molecule has 0 bridgehead atoms. The van der Waals surface area contributed by atoms with E-state index in [0.29, 0.717) is 10.3 Å². The van der Waals surface area contributed by atoms with Crippen molar-refractivity contribution in [3.05, 3.63) is 53.1 Å². The lowest BCUT2D eigenvalue weighted by Gasteiger charge is -2.14. The number of nitrogens with zero attached hydrogens (tertiary/aromatic N) is 2. The zero-order valence-corrected chi connectivity index (χ0v) is 12.0. The fraction of sp³-hybridized carbons (Fsp3) is 0.133. The Morgan fingerprint density at radius 2 is 1.95 bits per heavy atom. The Bertz CT molecular complexity index is 832. The van der Waals surface area contributed by atoms with Crippen molar-refractivity contribution >= 4 is 28.9 Å². The molecular formula is C15H14FN3S. The normalized spacial score (nSPS) is 10.9. The fourth-order valence-electron chi connectivity index (χ4n) is 2.25. The molecule has 3 nitrogen and oxygen atoms in total. The van der Waals surface area contributed by atoms with Gasteiger partial charge in [-0.3, -0.25) is 4.57 Å². The Balaban J connectivity index is 2.26. The molecule has 0 saturated carbocycles. The summed E-state index contributed by atoms with van der Waals surface area (Å²) in [6.07, 6.45) is 0. The molecule has 0 fully saturated rings. The molecule has 5 heteroatoms. The van der Waals surface area contributed by atoms with Gasteiger partial charge in [0, 0.05) is 19.8 Å². The molecule has 1 N–H and O–H groups in total. The second-order valence-corrected chi connectivity index (χ2v) is 5.23. The predicted octanol–water partition coefficient (Wildman–Crippen LogP) is 3.89. The minimum absolute atomic E-state index is 0.275. The second kappa shape index (κ2) is 4.76. The standard InChI is InChI=1S/C15H14FN3S/c1-18(2)11-4-3-5-12(9-11)19-14-7-6-10(16)8-13(14)17-15(19)20/h3-9H,1-2H3,(H,17,20). The lowest BCUT2D eigenvalue weighted by molar-refractivity contribution is 0.629. The van der Waals surface area contributed by atoms with E-state index >= 15 is 0 Å². The van der Waals surface area contributed by atoms with Crippen LogP contribution in [0.15, 0.2) is 42.5 Å². The van der Waals surface area contributed by atoms with Crippen LogP contribution < -0.4 is 4.90 Å². The van der Waals surface area contributed by atoms with Crippen molar-refractivity contribution in [1.82, 2.24) is 9.55 Å². The highest BCUT2D eigenvalue weighted by Crippen LogP contribution is 2.23. The van der Waals surface area contributed by atoms with Crippen LogP contribution in [-0.2, 0) is 0 Å². The highest BCUT2D eigenvalue weighted by Gasteiger charge is 2.08. The molecule has 0 atom stereocenters. The number of nitrogens with one attached hydrogen (secondary N) is 1. The third-order valence-corrected chi connectivity index (χ3v) is 3.53. The number of hydrogen-bond acceptors (Lipinski definition) is 2. The summed E-state index contributed by atoms with van der Waals surface area (Å²) in [7, 11) is 3.98. The molecule has 0 aliphatic carbocycles. The Hall–Kier alpha value is -2.14. The van der Waals surface area contributed by atoms with Gasteiger partial charge in [-0.05, 0) is 48.6 Å². The third kappa shape index (κ3) is 2.10. The van der Waals surface area contributed by atoms with Crippen LogP contribution in [0.25, 0.3) is 16.7 Å². The van der Waals surface area contributed by atoms with E-state index < -0.39 is 0 Å². The van der Waals surface area contributed by atoms with Gasteiger partial charge in [0.2, 0.25) is 0 Å². The smallest absolute Gasteiger partial charge is 0.182 e. The Morgan fingerprint density at radius 3 is 2.70 bits per heavy atom. The molecule has 2 aromatic carbocycles. The molecule has 102 valence electrons. The van der Waals surface area contributed by atoms with Gasteiger partial charge in [-0.15, -0.1) is 0 Å². The number of halogens is 1. The highest BCUT2D eigenvalue weighted by atomic mass is 32.1. The van der Waals surface area contributed by atoms with Crippen molar-refractivity contribution in [1.29, 1.82) is 0 Å². The molecule has 1 aromatic heterocycles. The molecule has 0 aliphatic rings. The Labute approximate surface area is 121 Å². The van der Waals surface area contributed by atoms with Gasteiger partial charge in [-0.1, -0.05) is 6.07 Å². The SMILES string of the molecule is CN(C)c1cccc(-n2c(=S)[nH]c3cc(F)ccc32)c1. The van der Waals surface area contributed by atoms with Crippen molar-refractivity contribution in [3.63, 3.8) is 0 Å². The summed E-state index contributed by atoms with van der Waals surface area (Å²) in [4.78, 5) is 5.07. The topological polar surface area (TPSA) is 24.0 Å². The van der Waals surface area contributed by atoms with Crippen molar-refractivity contribution in [2.75, 3.05) is 19.0 Å². The van der Waals surface area contributed by atoms with Crippen molar-refractivity contribution < 1.29 is 4.39 Å². The molecule has 3 rings (SSSR count). The maximum Gasteiger partial charge on any atom is 0.182 e. The van der Waals surface area contributed by atoms with E-state index in [0.717, 1.165) is 16.9 Å². The summed E-state index contributed by atoms with van der Waals surface area (Å²) in [5.74, 6) is -0.275. The van der Waals surface area contributed by atoms with Crippen LogP contribution >= 0.6 is 12.2 Å². The van der Waals surface area contributed by atoms with Gasteiger partial charge in [0.1, 0.15) is 5.82 Å². The van der Waals surface area contributed by atoms with Crippen LogP contribution in [0.4, 0.5) is 10.1 Å². The first-order chi connectivity index (χ1) is 9.56. The molecule has 0 aliphatic heterocycles. The average Bonchev–Trinajstić information content (AvgIpc) is 2.73. The van der Waals surface area contributed by atoms with Gasteiger partial charge >= 0.3 is 0 Å². The maximum atomic E-state index is 13.3. The molecule has 0 saturated heterocycles. The summed E-state index contributed by atoms with van der Waals surface area (Å²) < 4.78 is 15.8. The van der Waals surface area contributed by atoms with E-state index in [1.54, 1.807) is 6.07 Å². The van der Waals surface area contributed by atoms with E-state index in [4.69, 9.17) is 12.2 Å². The molecule has 20 heavy (non-hydrogen) atoms. The number of benzene rings is 2. The number of hydrogen-bond donors (Lipinski definition) is 1. The van der Waals surface area contributed by atoms with Gasteiger partial charge in [-0.2, -0.15) is 0 Å². The van der Waals surface area contributed by atoms with E-state index in [-0.39, 0.29) is 5.82 Å². The average molecular weight is 287 g/mol. The van der Waals surface area contributed by atoms with Crippen LogP contribution in [-0.4, -0.2) is 23.6 Å². The first-order valence-electron chi connectivity index (χ1n) is 6.24. The van der Waals surface area contributed by atoms with Crippen LogP contribution in [0, 0.1) is 10.6 Å². The second-order valence-electron chi connectivity index (χ2n) is 4.84. The van der Waals surface area contributed by atoms with Crippen LogP contribution in [0.2, 0.25) is 0 Å². The molecule has 0 amide bonds. The number of fused-ring (bicyclic) bond motifs is 1. The maximum absolute atomic E-state index is 13.3. The fourth-order valence-corrected chi connectivity index (χ4v) is 2.56. The molecule has 3 aromatic rings. The van der Waals surface area contributed by atoms with Crippen molar-refractivity contribution in [2.24, 2.45) is 0 Å². The van der Waals surface area contributed by atoms with Gasteiger partial charge < -0.3 is 9.88 Å². The van der Waals surface area contributed by atoms with E-state index in [1.807, 2.05) is 47.8 Å². The van der Waals surface area contributed by atoms with Gasteiger partial charge in [0.15, 0.2) is 4.77 Å². The van der Waals surface area contributed by atoms with Crippen molar-refractivity contribution in [2.45, 2.75) is 0 Å². The number of aromatic amines is 1. The van der Waals surface area contributed by atoms with Gasteiger partial charge in [0.05, 0.1) is 16.7 Å². The molecule has 0 unspecified atom stereocenters. The molecule has 1 heterocycles. The number of anilines is 1. The van der Waals surface area contributed by atoms with E-state index in [1.165, 1.54) is 12.1 Å². The number of H-pyrrole nitrogens is 1.